The van der Waals surface area contributed by atoms with Gasteiger partial charge >= 0.3 is 5.97 Å². The summed E-state index contributed by atoms with van der Waals surface area (Å²) in [5.41, 5.74) is 2.48. The Morgan fingerprint density at radius 3 is 2.55 bits per heavy atom. The van der Waals surface area contributed by atoms with Gasteiger partial charge in [0.1, 0.15) is 5.15 Å². The molecule has 0 N–H and O–H groups in total. The zero-order valence-electron chi connectivity index (χ0n) is 17.0. The Bertz CT molecular complexity index is 1060. The van der Waals surface area contributed by atoms with Gasteiger partial charge in [0.15, 0.2) is 0 Å². The normalized spacial score (nSPS) is 20.4. The largest absolute Gasteiger partial charge is 0.462 e. The molecule has 0 radical (unpaired) electrons. The van der Waals surface area contributed by atoms with Gasteiger partial charge in [-0.1, -0.05) is 35.9 Å². The highest BCUT2D eigenvalue weighted by atomic mass is 35.5. The smallest absolute Gasteiger partial charge is 0.338 e. The lowest BCUT2D eigenvalue weighted by Gasteiger charge is -2.27. The second-order valence-corrected chi connectivity index (χ2v) is 8.48. The van der Waals surface area contributed by atoms with Crippen molar-refractivity contribution in [2.24, 2.45) is 4.99 Å². The molecule has 3 heterocycles. The summed E-state index contributed by atoms with van der Waals surface area (Å²) in [6, 6.07) is 10.0. The number of benzene rings is 1. The molecule has 8 heteroatoms. The number of aromatic nitrogens is 1. The predicted molar refractivity (Wildman–Crippen MR) is 114 cm³/mol. The Hall–Kier alpha value is -2.93. The van der Waals surface area contributed by atoms with E-state index in [4.69, 9.17) is 21.1 Å². The molecule has 3 aliphatic rings. The molecule has 1 aromatic heterocycles. The summed E-state index contributed by atoms with van der Waals surface area (Å²) in [5, 5.41) is 0.313. The highest BCUT2D eigenvalue weighted by Gasteiger charge is 2.51. The summed E-state index contributed by atoms with van der Waals surface area (Å²) < 4.78 is 11.7. The molecule has 1 spiro atoms. The number of hydrogen-bond donors (Lipinski definition) is 0. The number of carbonyl (C=O) groups excluding carboxylic acids is 2. The van der Waals surface area contributed by atoms with Crippen molar-refractivity contribution >= 4 is 29.5 Å². The first kappa shape index (κ1) is 20.0. The molecule has 160 valence electrons. The van der Waals surface area contributed by atoms with Crippen molar-refractivity contribution in [3.05, 3.63) is 63.9 Å². The van der Waals surface area contributed by atoms with Crippen LogP contribution in [0.4, 0.5) is 0 Å². The number of aliphatic imine (C=N–C) groups is 1. The number of nitrogens with zero attached hydrogens (tertiary/aromatic N) is 3. The van der Waals surface area contributed by atoms with E-state index in [2.05, 4.69) is 9.98 Å². The molecule has 0 fully saturated rings. The molecule has 2 aliphatic heterocycles. The number of amidine groups is 1. The Morgan fingerprint density at radius 1 is 1.03 bits per heavy atom. The van der Waals surface area contributed by atoms with Crippen molar-refractivity contribution in [2.75, 3.05) is 19.7 Å². The molecule has 7 nitrogen and oxygen atoms in total. The zero-order valence-corrected chi connectivity index (χ0v) is 17.7. The minimum atomic E-state index is -0.933. The Kier molecular flexibility index (Phi) is 5.14. The van der Waals surface area contributed by atoms with Crippen LogP contribution in [0.15, 0.2) is 41.5 Å². The highest BCUT2D eigenvalue weighted by Crippen LogP contribution is 2.37. The number of pyridine rings is 1. The van der Waals surface area contributed by atoms with Crippen LogP contribution < -0.4 is 0 Å². The van der Waals surface area contributed by atoms with Gasteiger partial charge in [0.2, 0.25) is 5.60 Å². The van der Waals surface area contributed by atoms with Crippen LogP contribution in [0.3, 0.4) is 0 Å². The number of carbonyl (C=O) groups is 2. The van der Waals surface area contributed by atoms with Crippen LogP contribution in [0.25, 0.3) is 0 Å². The molecular formula is C23H22ClN3O4. The zero-order chi connectivity index (χ0) is 21.4. The van der Waals surface area contributed by atoms with Crippen molar-refractivity contribution < 1.29 is 19.1 Å². The second-order valence-electron chi connectivity index (χ2n) is 8.13. The van der Waals surface area contributed by atoms with Crippen LogP contribution in [-0.4, -0.2) is 53.1 Å². The summed E-state index contributed by atoms with van der Waals surface area (Å²) in [6.07, 6.45) is 4.45. The van der Waals surface area contributed by atoms with Gasteiger partial charge in [-0.2, -0.15) is 4.99 Å². The van der Waals surface area contributed by atoms with Gasteiger partial charge < -0.3 is 14.4 Å². The Labute approximate surface area is 185 Å². The van der Waals surface area contributed by atoms with E-state index in [1.807, 2.05) is 29.2 Å². The molecule has 1 aromatic carbocycles. The van der Waals surface area contributed by atoms with Gasteiger partial charge in [-0.05, 0) is 36.5 Å². The van der Waals surface area contributed by atoms with Crippen LogP contribution >= 0.6 is 11.6 Å². The third-order valence-corrected chi connectivity index (χ3v) is 6.42. The molecule has 2 aromatic rings. The van der Waals surface area contributed by atoms with Gasteiger partial charge in [-0.3, -0.25) is 4.79 Å². The summed E-state index contributed by atoms with van der Waals surface area (Å²) in [5.74, 6) is -0.614. The SMILES string of the molecule is O=C1OCCCN(C2=NC(=O)C3(Cc4ccccc4C3)O2)CCCc2c1ccnc2Cl. The summed E-state index contributed by atoms with van der Waals surface area (Å²) in [4.78, 5) is 35.7. The van der Waals surface area contributed by atoms with E-state index in [0.29, 0.717) is 67.5 Å². The molecule has 5 rings (SSSR count). The molecule has 0 atom stereocenters. The second kappa shape index (κ2) is 7.96. The quantitative estimate of drug-likeness (QED) is 0.463. The summed E-state index contributed by atoms with van der Waals surface area (Å²) in [7, 11) is 0. The first-order valence-corrected chi connectivity index (χ1v) is 10.9. The number of amides is 1. The number of esters is 1. The van der Waals surface area contributed by atoms with Crippen LogP contribution in [0.1, 0.15) is 39.9 Å². The van der Waals surface area contributed by atoms with Crippen molar-refractivity contribution in [1.82, 2.24) is 9.88 Å². The van der Waals surface area contributed by atoms with Crippen LogP contribution in [-0.2, 0) is 33.5 Å². The first-order chi connectivity index (χ1) is 15.1. The molecule has 0 unspecified atom stereocenters. The van der Waals surface area contributed by atoms with Crippen LogP contribution in [0.2, 0.25) is 5.15 Å². The average molecular weight is 440 g/mol. The fourth-order valence-corrected chi connectivity index (χ4v) is 4.77. The summed E-state index contributed by atoms with van der Waals surface area (Å²) in [6.45, 7) is 1.45. The number of halogens is 1. The number of cyclic esters (lactones) is 1. The fourth-order valence-electron chi connectivity index (χ4n) is 4.51. The monoisotopic (exact) mass is 439 g/mol. The number of hydrogen-bond acceptors (Lipinski definition) is 6. The molecule has 0 saturated heterocycles. The Morgan fingerprint density at radius 2 is 1.77 bits per heavy atom. The van der Waals surface area contributed by atoms with Crippen molar-refractivity contribution in [2.45, 2.75) is 37.7 Å². The van der Waals surface area contributed by atoms with Gasteiger partial charge in [0.05, 0.1) is 12.2 Å². The van der Waals surface area contributed by atoms with E-state index in [0.717, 1.165) is 11.1 Å². The third kappa shape index (κ3) is 3.67. The number of rotatable bonds is 0. The maximum Gasteiger partial charge on any atom is 0.338 e. The lowest BCUT2D eigenvalue weighted by Crippen LogP contribution is -2.42. The first-order valence-electron chi connectivity index (χ1n) is 10.5. The lowest BCUT2D eigenvalue weighted by atomic mass is 10.0. The maximum atomic E-state index is 12.9. The molecule has 1 aliphatic carbocycles. The van der Waals surface area contributed by atoms with E-state index in [1.165, 1.54) is 6.20 Å². The molecule has 31 heavy (non-hydrogen) atoms. The minimum Gasteiger partial charge on any atom is -0.462 e. The Balaban J connectivity index is 1.33. The average Bonchev–Trinajstić information content (AvgIpc) is 3.28. The topological polar surface area (TPSA) is 81.1 Å². The molecule has 0 saturated carbocycles. The summed E-state index contributed by atoms with van der Waals surface area (Å²) >= 11 is 6.25. The number of ether oxygens (including phenoxy) is 2. The van der Waals surface area contributed by atoms with Crippen LogP contribution in [0, 0.1) is 0 Å². The number of fused-ring (bicyclic) bond motifs is 2. The van der Waals surface area contributed by atoms with E-state index < -0.39 is 5.60 Å². The molecule has 1 amide bonds. The van der Waals surface area contributed by atoms with Gasteiger partial charge in [-0.15, -0.1) is 0 Å². The van der Waals surface area contributed by atoms with Gasteiger partial charge in [-0.25, -0.2) is 9.78 Å². The van der Waals surface area contributed by atoms with Crippen molar-refractivity contribution in [1.29, 1.82) is 0 Å². The predicted octanol–water partition coefficient (Wildman–Crippen LogP) is 2.98. The van der Waals surface area contributed by atoms with Crippen molar-refractivity contribution in [3.8, 4) is 0 Å². The van der Waals surface area contributed by atoms with E-state index in [-0.39, 0.29) is 18.5 Å². The van der Waals surface area contributed by atoms with Gasteiger partial charge in [0.25, 0.3) is 11.9 Å². The fraction of sp³-hybridized carbons (Fsp3) is 0.391. The minimum absolute atomic E-state index is 0.225. The lowest BCUT2D eigenvalue weighted by molar-refractivity contribution is -0.130. The van der Waals surface area contributed by atoms with Crippen molar-refractivity contribution in [3.63, 3.8) is 0 Å². The standard InChI is InChI=1S/C23H22ClN3O4/c24-19-17-7-3-10-27(11-4-12-30-20(28)18(17)8-9-25-19)22-26-21(29)23(31-22)13-15-5-1-2-6-16(15)14-23/h1-2,5-6,8-9H,3-4,7,10-14H2. The molecular weight excluding hydrogens is 418 g/mol. The van der Waals surface area contributed by atoms with E-state index in [1.54, 1.807) is 6.07 Å². The van der Waals surface area contributed by atoms with Gasteiger partial charge in [0, 0.05) is 37.7 Å². The van der Waals surface area contributed by atoms with E-state index >= 15 is 0 Å². The van der Waals surface area contributed by atoms with Crippen LogP contribution in [0.5, 0.6) is 0 Å². The molecule has 0 bridgehead atoms. The van der Waals surface area contributed by atoms with E-state index in [9.17, 15) is 9.59 Å². The third-order valence-electron chi connectivity index (χ3n) is 6.10. The maximum absolute atomic E-state index is 12.9. The highest BCUT2D eigenvalue weighted by molar-refractivity contribution is 6.30.